The molecule has 0 unspecified atom stereocenters. The molecule has 15 heavy (non-hydrogen) atoms. The average Bonchev–Trinajstić information content (AvgIpc) is 2.09. The van der Waals surface area contributed by atoms with Crippen LogP contribution in [0.25, 0.3) is 0 Å². The monoisotopic (exact) mass is 233 g/mol. The van der Waals surface area contributed by atoms with Gasteiger partial charge in [0.2, 0.25) is 0 Å². The van der Waals surface area contributed by atoms with Gasteiger partial charge in [-0.25, -0.2) is 8.42 Å². The third-order valence-corrected chi connectivity index (χ3v) is 4.80. The maximum absolute atomic E-state index is 11.2. The minimum Gasteiger partial charge on any atom is -0.295 e. The molecular weight excluding hydrogens is 210 g/mol. The molecule has 0 aromatic rings. The van der Waals surface area contributed by atoms with Crippen LogP contribution in [0.3, 0.4) is 0 Å². The third kappa shape index (κ3) is 2.94. The Balaban J connectivity index is 2.56. The standard InChI is InChI=1S/C11H23NO2S/c1-6-11(3,4)12-7-10(9(12)2)8-15(5,13)14/h9-10H,6-8H2,1-5H3/t9-,10-/m0/s1. The van der Waals surface area contributed by atoms with Crippen molar-refractivity contribution in [3.63, 3.8) is 0 Å². The van der Waals surface area contributed by atoms with Crippen LogP contribution >= 0.6 is 0 Å². The van der Waals surface area contributed by atoms with Crippen LogP contribution in [0.2, 0.25) is 0 Å². The number of sulfone groups is 1. The smallest absolute Gasteiger partial charge is 0.147 e. The van der Waals surface area contributed by atoms with E-state index in [1.165, 1.54) is 6.26 Å². The van der Waals surface area contributed by atoms with E-state index in [1.807, 2.05) is 0 Å². The Labute approximate surface area is 93.8 Å². The fraction of sp³-hybridized carbons (Fsp3) is 1.00. The first kappa shape index (κ1) is 13.0. The molecule has 0 aromatic carbocycles. The predicted molar refractivity (Wildman–Crippen MR) is 63.7 cm³/mol. The van der Waals surface area contributed by atoms with Gasteiger partial charge in [0.25, 0.3) is 0 Å². The van der Waals surface area contributed by atoms with E-state index in [-0.39, 0.29) is 5.54 Å². The van der Waals surface area contributed by atoms with E-state index in [9.17, 15) is 8.42 Å². The number of likely N-dealkylation sites (tertiary alicyclic amines) is 1. The molecule has 0 N–H and O–H groups in total. The van der Waals surface area contributed by atoms with Crippen molar-refractivity contribution >= 4 is 9.84 Å². The zero-order valence-corrected chi connectivity index (χ0v) is 11.3. The molecule has 1 aliphatic rings. The first-order valence-corrected chi connectivity index (χ1v) is 7.68. The topological polar surface area (TPSA) is 37.4 Å². The maximum Gasteiger partial charge on any atom is 0.147 e. The lowest BCUT2D eigenvalue weighted by molar-refractivity contribution is -0.0452. The molecular formula is C11H23NO2S. The molecule has 1 rings (SSSR count). The molecule has 1 aliphatic heterocycles. The van der Waals surface area contributed by atoms with Gasteiger partial charge in [-0.1, -0.05) is 6.92 Å². The van der Waals surface area contributed by atoms with Crippen LogP contribution in [0.4, 0.5) is 0 Å². The summed E-state index contributed by atoms with van der Waals surface area (Å²) in [5, 5.41) is 0. The van der Waals surface area contributed by atoms with Gasteiger partial charge in [0.1, 0.15) is 9.84 Å². The predicted octanol–water partition coefficient (Wildman–Crippen LogP) is 1.54. The van der Waals surface area contributed by atoms with Gasteiger partial charge >= 0.3 is 0 Å². The van der Waals surface area contributed by atoms with Crippen molar-refractivity contribution in [1.29, 1.82) is 0 Å². The first-order valence-electron chi connectivity index (χ1n) is 5.62. The number of hydrogen-bond acceptors (Lipinski definition) is 3. The molecule has 1 fully saturated rings. The van der Waals surface area contributed by atoms with Gasteiger partial charge in [0.05, 0.1) is 5.75 Å². The molecule has 1 heterocycles. The van der Waals surface area contributed by atoms with Gasteiger partial charge in [-0.2, -0.15) is 0 Å². The van der Waals surface area contributed by atoms with E-state index in [0.717, 1.165) is 13.0 Å². The van der Waals surface area contributed by atoms with Gasteiger partial charge in [-0.05, 0) is 27.2 Å². The number of hydrogen-bond donors (Lipinski definition) is 0. The normalized spacial score (nSPS) is 28.9. The Bertz CT molecular complexity index is 321. The molecule has 2 atom stereocenters. The van der Waals surface area contributed by atoms with E-state index < -0.39 is 9.84 Å². The summed E-state index contributed by atoms with van der Waals surface area (Å²) in [6.45, 7) is 9.68. The lowest BCUT2D eigenvalue weighted by Crippen LogP contribution is -2.64. The Morgan fingerprint density at radius 1 is 1.40 bits per heavy atom. The largest absolute Gasteiger partial charge is 0.295 e. The van der Waals surface area contributed by atoms with Crippen LogP contribution in [0.1, 0.15) is 34.1 Å². The summed E-state index contributed by atoms with van der Waals surface area (Å²) in [7, 11) is -2.82. The van der Waals surface area contributed by atoms with Crippen molar-refractivity contribution in [3.05, 3.63) is 0 Å². The molecule has 3 nitrogen and oxygen atoms in total. The third-order valence-electron chi connectivity index (χ3n) is 3.76. The lowest BCUT2D eigenvalue weighted by atomic mass is 9.84. The van der Waals surface area contributed by atoms with Crippen LogP contribution < -0.4 is 0 Å². The zero-order valence-electron chi connectivity index (χ0n) is 10.4. The Kier molecular flexibility index (Phi) is 3.51. The molecule has 1 saturated heterocycles. The quantitative estimate of drug-likeness (QED) is 0.739. The van der Waals surface area contributed by atoms with E-state index in [4.69, 9.17) is 0 Å². The molecule has 0 aromatic heterocycles. The molecule has 90 valence electrons. The van der Waals surface area contributed by atoms with Crippen LogP contribution in [0.5, 0.6) is 0 Å². The minimum absolute atomic E-state index is 0.202. The van der Waals surface area contributed by atoms with Crippen molar-refractivity contribution in [2.75, 3.05) is 18.6 Å². The van der Waals surface area contributed by atoms with Crippen LogP contribution in [-0.4, -0.2) is 43.5 Å². The SMILES string of the molecule is CCC(C)(C)N1C[C@@H](CS(C)(=O)=O)[C@@H]1C. The summed E-state index contributed by atoms with van der Waals surface area (Å²) in [4.78, 5) is 2.41. The summed E-state index contributed by atoms with van der Waals surface area (Å²) in [6.07, 6.45) is 2.43. The molecule has 0 amide bonds. The fourth-order valence-corrected chi connectivity index (χ4v) is 3.43. The first-order chi connectivity index (χ1) is 6.67. The van der Waals surface area contributed by atoms with Crippen LogP contribution in [0.15, 0.2) is 0 Å². The highest BCUT2D eigenvalue weighted by atomic mass is 32.2. The highest BCUT2D eigenvalue weighted by Gasteiger charge is 2.43. The van der Waals surface area contributed by atoms with E-state index in [1.54, 1.807) is 0 Å². The van der Waals surface area contributed by atoms with Crippen molar-refractivity contribution in [3.8, 4) is 0 Å². The van der Waals surface area contributed by atoms with E-state index in [2.05, 4.69) is 32.6 Å². The number of nitrogens with zero attached hydrogens (tertiary/aromatic N) is 1. The second kappa shape index (κ2) is 4.06. The average molecular weight is 233 g/mol. The summed E-state index contributed by atoms with van der Waals surface area (Å²) in [5.41, 5.74) is 0.202. The van der Waals surface area contributed by atoms with Gasteiger partial charge in [0, 0.05) is 30.3 Å². The molecule has 0 aliphatic carbocycles. The second-order valence-electron chi connectivity index (χ2n) is 5.41. The van der Waals surface area contributed by atoms with E-state index in [0.29, 0.717) is 17.7 Å². The molecule has 0 saturated carbocycles. The lowest BCUT2D eigenvalue weighted by Gasteiger charge is -2.54. The zero-order chi connectivity index (χ0) is 11.9. The number of rotatable bonds is 4. The van der Waals surface area contributed by atoms with Crippen LogP contribution in [0, 0.1) is 5.92 Å². The highest BCUT2D eigenvalue weighted by Crippen LogP contribution is 2.34. The van der Waals surface area contributed by atoms with Crippen molar-refractivity contribution < 1.29 is 8.42 Å². The molecule has 0 radical (unpaired) electrons. The summed E-state index contributed by atoms with van der Waals surface area (Å²) in [5.74, 6) is 0.663. The van der Waals surface area contributed by atoms with Gasteiger partial charge < -0.3 is 0 Å². The van der Waals surface area contributed by atoms with Crippen molar-refractivity contribution in [2.45, 2.75) is 45.7 Å². The Hall–Kier alpha value is -0.0900. The van der Waals surface area contributed by atoms with Crippen molar-refractivity contribution in [1.82, 2.24) is 4.90 Å². The Morgan fingerprint density at radius 3 is 2.27 bits per heavy atom. The minimum atomic E-state index is -2.82. The maximum atomic E-state index is 11.2. The molecule has 0 bridgehead atoms. The van der Waals surface area contributed by atoms with Crippen LogP contribution in [-0.2, 0) is 9.84 Å². The van der Waals surface area contributed by atoms with Gasteiger partial charge in [-0.15, -0.1) is 0 Å². The second-order valence-corrected chi connectivity index (χ2v) is 7.60. The van der Waals surface area contributed by atoms with Gasteiger partial charge in [-0.3, -0.25) is 4.90 Å². The van der Waals surface area contributed by atoms with Crippen molar-refractivity contribution in [2.24, 2.45) is 5.92 Å². The highest BCUT2D eigenvalue weighted by molar-refractivity contribution is 7.90. The molecule has 0 spiro atoms. The fourth-order valence-electron chi connectivity index (χ4n) is 2.27. The summed E-state index contributed by atoms with van der Waals surface area (Å²) >= 11 is 0. The molecule has 4 heteroatoms. The Morgan fingerprint density at radius 2 is 1.93 bits per heavy atom. The summed E-state index contributed by atoms with van der Waals surface area (Å²) < 4.78 is 22.4. The van der Waals surface area contributed by atoms with Gasteiger partial charge in [0.15, 0.2) is 0 Å². The summed E-state index contributed by atoms with van der Waals surface area (Å²) in [6, 6.07) is 0.398. The van der Waals surface area contributed by atoms with E-state index >= 15 is 0 Å².